The lowest BCUT2D eigenvalue weighted by Crippen LogP contribution is -2.42. The average molecular weight is 473 g/mol. The molecule has 0 fully saturated rings. The summed E-state index contributed by atoms with van der Waals surface area (Å²) in [5.74, 6) is -1.07. The first-order valence-corrected chi connectivity index (χ1v) is 11.4. The summed E-state index contributed by atoms with van der Waals surface area (Å²) in [6.07, 6.45) is 1.60. The van der Waals surface area contributed by atoms with Crippen LogP contribution in [0, 0.1) is 5.82 Å². The van der Waals surface area contributed by atoms with E-state index in [0.717, 1.165) is 29.7 Å². The molecule has 1 N–H and O–H groups in total. The highest BCUT2D eigenvalue weighted by Gasteiger charge is 2.27. The zero-order chi connectivity index (χ0) is 22.8. The molecule has 1 unspecified atom stereocenters. The van der Waals surface area contributed by atoms with Crippen LogP contribution in [0.2, 0.25) is 5.02 Å². The van der Waals surface area contributed by atoms with Gasteiger partial charge in [0, 0.05) is 27.7 Å². The summed E-state index contributed by atoms with van der Waals surface area (Å²) in [6.45, 7) is 2.14. The van der Waals surface area contributed by atoms with Crippen molar-refractivity contribution >= 4 is 45.5 Å². The number of halogens is 2. The van der Waals surface area contributed by atoms with Gasteiger partial charge in [-0.1, -0.05) is 23.7 Å². The van der Waals surface area contributed by atoms with Gasteiger partial charge < -0.3 is 15.0 Å². The van der Waals surface area contributed by atoms with Crippen molar-refractivity contribution in [3.05, 3.63) is 69.8 Å². The number of thiophene rings is 1. The molecular formula is C24H22ClFN2O3S. The standard InChI is InChI=1S/C24H22ClFN2O3S/c1-14-3-4-16-11-18(26)9-10-20(16)28(14)12-21(29)27-23-22(24(30)31-2)19(13-32-23)15-5-7-17(25)8-6-15/h5-11,13-14H,3-4,12H2,1-2H3,(H,27,29). The van der Waals surface area contributed by atoms with Crippen LogP contribution in [0.15, 0.2) is 47.8 Å². The number of esters is 1. The molecular weight excluding hydrogens is 451 g/mol. The Morgan fingerprint density at radius 3 is 2.72 bits per heavy atom. The first-order chi connectivity index (χ1) is 15.4. The summed E-state index contributed by atoms with van der Waals surface area (Å²) in [5.41, 5.74) is 3.53. The van der Waals surface area contributed by atoms with E-state index >= 15 is 0 Å². The lowest BCUT2D eigenvalue weighted by molar-refractivity contribution is -0.115. The number of ether oxygens (including phenoxy) is 1. The molecule has 32 heavy (non-hydrogen) atoms. The number of fused-ring (bicyclic) bond motifs is 1. The van der Waals surface area contributed by atoms with E-state index < -0.39 is 5.97 Å². The number of anilines is 2. The lowest BCUT2D eigenvalue weighted by Gasteiger charge is -2.36. The maximum atomic E-state index is 13.6. The van der Waals surface area contributed by atoms with Gasteiger partial charge in [0.25, 0.3) is 0 Å². The summed E-state index contributed by atoms with van der Waals surface area (Å²) < 4.78 is 18.6. The van der Waals surface area contributed by atoms with Crippen LogP contribution in [0.3, 0.4) is 0 Å². The zero-order valence-electron chi connectivity index (χ0n) is 17.7. The van der Waals surface area contributed by atoms with Gasteiger partial charge in [0.2, 0.25) is 5.91 Å². The fourth-order valence-electron chi connectivity index (χ4n) is 3.95. The molecule has 1 aliphatic heterocycles. The smallest absolute Gasteiger partial charge is 0.341 e. The van der Waals surface area contributed by atoms with Gasteiger partial charge in [0.15, 0.2) is 0 Å². The molecule has 1 amide bonds. The summed E-state index contributed by atoms with van der Waals surface area (Å²) in [6, 6.07) is 11.9. The number of methoxy groups -OCH3 is 1. The minimum Gasteiger partial charge on any atom is -0.465 e. The summed E-state index contributed by atoms with van der Waals surface area (Å²) in [7, 11) is 1.31. The number of amides is 1. The number of hydrogen-bond donors (Lipinski definition) is 1. The number of carbonyl (C=O) groups excluding carboxylic acids is 2. The van der Waals surface area contributed by atoms with Crippen molar-refractivity contribution in [3.8, 4) is 11.1 Å². The second kappa shape index (κ2) is 9.30. The third kappa shape index (κ3) is 4.49. The molecule has 1 atom stereocenters. The molecule has 0 saturated heterocycles. The van der Waals surface area contributed by atoms with Gasteiger partial charge in [-0.2, -0.15) is 0 Å². The van der Waals surface area contributed by atoms with Crippen LogP contribution in [0.4, 0.5) is 15.1 Å². The Labute approximate surface area is 194 Å². The van der Waals surface area contributed by atoms with Gasteiger partial charge in [-0.25, -0.2) is 9.18 Å². The zero-order valence-corrected chi connectivity index (χ0v) is 19.2. The predicted octanol–water partition coefficient (Wildman–Crippen LogP) is 5.77. The molecule has 166 valence electrons. The number of nitrogens with zero attached hydrogens (tertiary/aromatic N) is 1. The Morgan fingerprint density at radius 2 is 2.00 bits per heavy atom. The van der Waals surface area contributed by atoms with Gasteiger partial charge in [-0.05, 0) is 61.2 Å². The molecule has 1 aliphatic rings. The number of rotatable bonds is 5. The van der Waals surface area contributed by atoms with Crippen molar-refractivity contribution in [3.63, 3.8) is 0 Å². The molecule has 3 aromatic rings. The molecule has 8 heteroatoms. The Morgan fingerprint density at radius 1 is 1.25 bits per heavy atom. The largest absolute Gasteiger partial charge is 0.465 e. The van der Waals surface area contributed by atoms with Gasteiger partial charge in [-0.15, -0.1) is 11.3 Å². The van der Waals surface area contributed by atoms with E-state index in [4.69, 9.17) is 16.3 Å². The van der Waals surface area contributed by atoms with Gasteiger partial charge >= 0.3 is 5.97 Å². The molecule has 0 radical (unpaired) electrons. The van der Waals surface area contributed by atoms with Crippen LogP contribution < -0.4 is 10.2 Å². The minimum atomic E-state index is -0.529. The number of nitrogens with one attached hydrogen (secondary N) is 1. The normalized spacial score (nSPS) is 15.2. The molecule has 1 aromatic heterocycles. The van der Waals surface area contributed by atoms with Crippen molar-refractivity contribution in [1.29, 1.82) is 0 Å². The van der Waals surface area contributed by atoms with E-state index in [1.807, 2.05) is 29.3 Å². The van der Waals surface area contributed by atoms with Crippen LogP contribution in [0.25, 0.3) is 11.1 Å². The minimum absolute atomic E-state index is 0.0919. The molecule has 0 aliphatic carbocycles. The van der Waals surface area contributed by atoms with Crippen molar-refractivity contribution in [2.24, 2.45) is 0 Å². The molecule has 0 spiro atoms. The molecule has 2 aromatic carbocycles. The topological polar surface area (TPSA) is 58.6 Å². The van der Waals surface area contributed by atoms with E-state index in [2.05, 4.69) is 5.32 Å². The van der Waals surface area contributed by atoms with Crippen molar-refractivity contribution in [1.82, 2.24) is 0 Å². The van der Waals surface area contributed by atoms with E-state index in [1.165, 1.54) is 30.6 Å². The second-order valence-corrected chi connectivity index (χ2v) is 9.00. The first kappa shape index (κ1) is 22.3. The van der Waals surface area contributed by atoms with Crippen molar-refractivity contribution < 1.29 is 18.7 Å². The summed E-state index contributed by atoms with van der Waals surface area (Å²) >= 11 is 7.24. The fraction of sp³-hybridized carbons (Fsp3) is 0.250. The van der Waals surface area contributed by atoms with E-state index in [9.17, 15) is 14.0 Å². The van der Waals surface area contributed by atoms with Crippen LogP contribution in [-0.2, 0) is 16.0 Å². The molecule has 5 nitrogen and oxygen atoms in total. The monoisotopic (exact) mass is 472 g/mol. The van der Waals surface area contributed by atoms with E-state index in [-0.39, 0.29) is 24.3 Å². The van der Waals surface area contributed by atoms with Gasteiger partial charge in [-0.3, -0.25) is 4.79 Å². The average Bonchev–Trinajstić information content (AvgIpc) is 3.19. The van der Waals surface area contributed by atoms with Crippen LogP contribution >= 0.6 is 22.9 Å². The van der Waals surface area contributed by atoms with E-state index in [1.54, 1.807) is 18.2 Å². The number of carbonyl (C=O) groups is 2. The summed E-state index contributed by atoms with van der Waals surface area (Å²) in [5, 5.41) is 5.70. The van der Waals surface area contributed by atoms with E-state index in [0.29, 0.717) is 21.2 Å². The number of benzene rings is 2. The van der Waals surface area contributed by atoms with Crippen molar-refractivity contribution in [2.75, 3.05) is 23.9 Å². The quantitative estimate of drug-likeness (QED) is 0.478. The molecule has 4 rings (SSSR count). The third-order valence-electron chi connectivity index (χ3n) is 5.62. The summed E-state index contributed by atoms with van der Waals surface area (Å²) in [4.78, 5) is 27.5. The maximum Gasteiger partial charge on any atom is 0.341 e. The maximum absolute atomic E-state index is 13.6. The highest BCUT2D eigenvalue weighted by atomic mass is 35.5. The number of aryl methyl sites for hydroxylation is 1. The Bertz CT molecular complexity index is 1160. The highest BCUT2D eigenvalue weighted by molar-refractivity contribution is 7.15. The fourth-order valence-corrected chi connectivity index (χ4v) is 5.05. The predicted molar refractivity (Wildman–Crippen MR) is 126 cm³/mol. The SMILES string of the molecule is COC(=O)c1c(-c2ccc(Cl)cc2)csc1NC(=O)CN1c2ccc(F)cc2CCC1C. The molecule has 0 saturated carbocycles. The van der Waals surface area contributed by atoms with Gasteiger partial charge in [0.1, 0.15) is 16.4 Å². The molecule has 2 heterocycles. The Balaban J connectivity index is 1.59. The van der Waals surface area contributed by atoms with Gasteiger partial charge in [0.05, 0.1) is 13.7 Å². The van der Waals surface area contributed by atoms with Crippen LogP contribution in [-0.4, -0.2) is 31.6 Å². The second-order valence-electron chi connectivity index (χ2n) is 7.69. The lowest BCUT2D eigenvalue weighted by atomic mass is 9.96. The molecule has 0 bridgehead atoms. The van der Waals surface area contributed by atoms with Crippen molar-refractivity contribution in [2.45, 2.75) is 25.8 Å². The number of hydrogen-bond acceptors (Lipinski definition) is 5. The Kier molecular flexibility index (Phi) is 6.48. The third-order valence-corrected chi connectivity index (χ3v) is 6.76. The first-order valence-electron chi connectivity index (χ1n) is 10.2. The van der Waals surface area contributed by atoms with Crippen LogP contribution in [0.1, 0.15) is 29.3 Å². The Hall–Kier alpha value is -2.90. The highest BCUT2D eigenvalue weighted by Crippen LogP contribution is 2.37. The van der Waals surface area contributed by atoms with Crippen LogP contribution in [0.5, 0.6) is 0 Å².